The second kappa shape index (κ2) is 6.74. The van der Waals surface area contributed by atoms with Crippen molar-refractivity contribution in [3.8, 4) is 0 Å². The summed E-state index contributed by atoms with van der Waals surface area (Å²) in [6, 6.07) is 0. The molecule has 98 valence electrons. The van der Waals surface area contributed by atoms with Crippen molar-refractivity contribution in [1.29, 1.82) is 0 Å². The maximum Gasteiger partial charge on any atom is 0.138 e. The average Bonchev–Trinajstić information content (AvgIpc) is 2.64. The van der Waals surface area contributed by atoms with Crippen LogP contribution in [-0.2, 0) is 13.0 Å². The minimum atomic E-state index is 0.224. The van der Waals surface area contributed by atoms with E-state index in [1.54, 1.807) is 6.33 Å². The molecule has 1 heterocycles. The number of hydrogen-bond acceptors (Lipinski definition) is 3. The average molecular weight is 238 g/mol. The molecule has 0 amide bonds. The third kappa shape index (κ3) is 5.82. The van der Waals surface area contributed by atoms with Crippen LogP contribution in [0.2, 0.25) is 0 Å². The van der Waals surface area contributed by atoms with Crippen LogP contribution in [0.3, 0.4) is 0 Å². The van der Waals surface area contributed by atoms with Gasteiger partial charge in [-0.05, 0) is 46.6 Å². The second-order valence-electron chi connectivity index (χ2n) is 5.53. The zero-order chi connectivity index (χ0) is 12.7. The van der Waals surface area contributed by atoms with Crippen molar-refractivity contribution >= 4 is 0 Å². The third-order valence-corrected chi connectivity index (χ3v) is 2.61. The van der Waals surface area contributed by atoms with Gasteiger partial charge in [-0.25, -0.2) is 4.98 Å². The highest BCUT2D eigenvalue weighted by Gasteiger charge is 2.07. The molecule has 1 aromatic rings. The van der Waals surface area contributed by atoms with Crippen molar-refractivity contribution in [3.05, 3.63) is 12.2 Å². The van der Waals surface area contributed by atoms with Gasteiger partial charge in [0.2, 0.25) is 0 Å². The van der Waals surface area contributed by atoms with Crippen molar-refractivity contribution in [3.63, 3.8) is 0 Å². The summed E-state index contributed by atoms with van der Waals surface area (Å²) < 4.78 is 2.02. The van der Waals surface area contributed by atoms with Gasteiger partial charge < -0.3 is 5.32 Å². The van der Waals surface area contributed by atoms with Gasteiger partial charge >= 0.3 is 0 Å². The molecule has 17 heavy (non-hydrogen) atoms. The Morgan fingerprint density at radius 2 is 2.06 bits per heavy atom. The molecule has 0 saturated heterocycles. The monoisotopic (exact) mass is 238 g/mol. The summed E-state index contributed by atoms with van der Waals surface area (Å²) >= 11 is 0. The molecule has 1 N–H and O–H groups in total. The maximum atomic E-state index is 4.31. The molecular weight excluding hydrogens is 212 g/mol. The Bertz CT molecular complexity index is 311. The van der Waals surface area contributed by atoms with E-state index in [0.29, 0.717) is 0 Å². The molecule has 1 rings (SSSR count). The van der Waals surface area contributed by atoms with Gasteiger partial charge in [0.25, 0.3) is 0 Å². The summed E-state index contributed by atoms with van der Waals surface area (Å²) in [6.45, 7) is 10.8. The van der Waals surface area contributed by atoms with E-state index in [1.165, 1.54) is 12.8 Å². The Kier molecular flexibility index (Phi) is 5.62. The Morgan fingerprint density at radius 1 is 1.29 bits per heavy atom. The molecule has 1 aromatic heterocycles. The molecule has 4 heteroatoms. The molecule has 0 saturated carbocycles. The topological polar surface area (TPSA) is 42.7 Å². The summed E-state index contributed by atoms with van der Waals surface area (Å²) in [5.74, 6) is 1.13. The van der Waals surface area contributed by atoms with Crippen LogP contribution in [0, 0.1) is 0 Å². The van der Waals surface area contributed by atoms with Crippen LogP contribution in [0.15, 0.2) is 6.33 Å². The first-order chi connectivity index (χ1) is 8.03. The first kappa shape index (κ1) is 14.2. The fourth-order valence-corrected chi connectivity index (χ4v) is 1.75. The first-order valence-electron chi connectivity index (χ1n) is 6.64. The number of hydrogen-bond donors (Lipinski definition) is 1. The predicted molar refractivity (Wildman–Crippen MR) is 71.0 cm³/mol. The summed E-state index contributed by atoms with van der Waals surface area (Å²) in [4.78, 5) is 4.31. The lowest BCUT2D eigenvalue weighted by Crippen LogP contribution is -2.36. The molecule has 0 aromatic carbocycles. The molecule has 0 radical (unpaired) electrons. The SMILES string of the molecule is CCCn1ncnc1CCCCNC(C)(C)C. The Morgan fingerprint density at radius 3 is 2.71 bits per heavy atom. The van der Waals surface area contributed by atoms with Crippen molar-refractivity contribution in [2.45, 2.75) is 65.5 Å². The molecule has 0 aliphatic heterocycles. The number of nitrogens with zero attached hydrogens (tertiary/aromatic N) is 3. The van der Waals surface area contributed by atoms with Gasteiger partial charge in [-0.2, -0.15) is 5.10 Å². The van der Waals surface area contributed by atoms with Crippen molar-refractivity contribution in [2.75, 3.05) is 6.54 Å². The molecule has 0 spiro atoms. The van der Waals surface area contributed by atoms with E-state index in [-0.39, 0.29) is 5.54 Å². The van der Waals surface area contributed by atoms with Crippen LogP contribution in [0.4, 0.5) is 0 Å². The zero-order valence-electron chi connectivity index (χ0n) is 11.7. The highest BCUT2D eigenvalue weighted by molar-refractivity contribution is 4.84. The molecule has 0 atom stereocenters. The van der Waals surface area contributed by atoms with Crippen LogP contribution < -0.4 is 5.32 Å². The van der Waals surface area contributed by atoms with E-state index in [9.17, 15) is 0 Å². The molecule has 0 bridgehead atoms. The summed E-state index contributed by atoms with van der Waals surface area (Å²) in [6.07, 6.45) is 6.17. The molecule has 0 unspecified atom stereocenters. The largest absolute Gasteiger partial charge is 0.312 e. The third-order valence-electron chi connectivity index (χ3n) is 2.61. The minimum Gasteiger partial charge on any atom is -0.312 e. The number of nitrogens with one attached hydrogen (secondary N) is 1. The Labute approximate surface area is 105 Å². The van der Waals surface area contributed by atoms with Crippen molar-refractivity contribution in [2.24, 2.45) is 0 Å². The minimum absolute atomic E-state index is 0.224. The number of rotatable bonds is 7. The van der Waals surface area contributed by atoms with E-state index in [4.69, 9.17) is 0 Å². The van der Waals surface area contributed by atoms with Crippen molar-refractivity contribution in [1.82, 2.24) is 20.1 Å². The van der Waals surface area contributed by atoms with Gasteiger partial charge in [0, 0.05) is 18.5 Å². The zero-order valence-corrected chi connectivity index (χ0v) is 11.7. The van der Waals surface area contributed by atoms with Gasteiger partial charge in [-0.1, -0.05) is 6.92 Å². The first-order valence-corrected chi connectivity index (χ1v) is 6.64. The second-order valence-corrected chi connectivity index (χ2v) is 5.53. The fraction of sp³-hybridized carbons (Fsp3) is 0.846. The van der Waals surface area contributed by atoms with Crippen LogP contribution in [0.1, 0.15) is 52.8 Å². The van der Waals surface area contributed by atoms with Gasteiger partial charge in [-0.15, -0.1) is 0 Å². The quantitative estimate of drug-likeness (QED) is 0.742. The lowest BCUT2D eigenvalue weighted by Gasteiger charge is -2.20. The van der Waals surface area contributed by atoms with E-state index >= 15 is 0 Å². The van der Waals surface area contributed by atoms with Gasteiger partial charge in [0.1, 0.15) is 12.2 Å². The molecule has 0 aliphatic rings. The molecule has 0 aliphatic carbocycles. The number of aryl methyl sites for hydroxylation is 2. The fourth-order valence-electron chi connectivity index (χ4n) is 1.75. The maximum absolute atomic E-state index is 4.31. The molecule has 4 nitrogen and oxygen atoms in total. The van der Waals surface area contributed by atoms with Gasteiger partial charge in [0.15, 0.2) is 0 Å². The standard InChI is InChI=1S/C13H26N4/c1-5-10-17-12(14-11-16-17)8-6-7-9-15-13(2,3)4/h11,15H,5-10H2,1-4H3. The highest BCUT2D eigenvalue weighted by Crippen LogP contribution is 2.04. The van der Waals surface area contributed by atoms with Crippen LogP contribution in [0.5, 0.6) is 0 Å². The van der Waals surface area contributed by atoms with Crippen molar-refractivity contribution < 1.29 is 0 Å². The van der Waals surface area contributed by atoms with E-state index in [1.807, 2.05) is 4.68 Å². The Hall–Kier alpha value is -0.900. The van der Waals surface area contributed by atoms with Crippen LogP contribution in [-0.4, -0.2) is 26.8 Å². The predicted octanol–water partition coefficient (Wildman–Crippen LogP) is 2.40. The van der Waals surface area contributed by atoms with Crippen LogP contribution >= 0.6 is 0 Å². The summed E-state index contributed by atoms with van der Waals surface area (Å²) in [7, 11) is 0. The summed E-state index contributed by atoms with van der Waals surface area (Å²) in [5.41, 5.74) is 0.224. The van der Waals surface area contributed by atoms with E-state index in [2.05, 4.69) is 43.1 Å². The summed E-state index contributed by atoms with van der Waals surface area (Å²) in [5, 5.41) is 7.73. The smallest absolute Gasteiger partial charge is 0.138 e. The number of aromatic nitrogens is 3. The van der Waals surface area contributed by atoms with Crippen LogP contribution in [0.25, 0.3) is 0 Å². The van der Waals surface area contributed by atoms with E-state index in [0.717, 1.165) is 31.8 Å². The normalized spacial score (nSPS) is 12.0. The molecule has 0 fully saturated rings. The molecular formula is C13H26N4. The lowest BCUT2D eigenvalue weighted by molar-refractivity contribution is 0.417. The number of unbranched alkanes of at least 4 members (excludes halogenated alkanes) is 1. The van der Waals surface area contributed by atoms with Gasteiger partial charge in [-0.3, -0.25) is 4.68 Å². The van der Waals surface area contributed by atoms with E-state index < -0.39 is 0 Å². The lowest BCUT2D eigenvalue weighted by atomic mass is 10.1. The Balaban J connectivity index is 2.20. The van der Waals surface area contributed by atoms with Gasteiger partial charge in [0.05, 0.1) is 0 Å². The highest BCUT2D eigenvalue weighted by atomic mass is 15.3.